The van der Waals surface area contributed by atoms with Gasteiger partial charge in [-0.25, -0.2) is 4.39 Å². The number of aryl methyl sites for hydroxylation is 1. The molecule has 2 rings (SSSR count). The zero-order valence-electron chi connectivity index (χ0n) is 8.42. The molecule has 1 aliphatic heterocycles. The van der Waals surface area contributed by atoms with Crippen LogP contribution in [0.1, 0.15) is 29.9 Å². The Balaban J connectivity index is 2.18. The summed E-state index contributed by atoms with van der Waals surface area (Å²) in [5.74, 6) is 0.396. The fourth-order valence-corrected chi connectivity index (χ4v) is 1.89. The summed E-state index contributed by atoms with van der Waals surface area (Å²) in [4.78, 5) is 0. The van der Waals surface area contributed by atoms with E-state index in [1.807, 2.05) is 12.1 Å². The van der Waals surface area contributed by atoms with Crippen LogP contribution in [0.25, 0.3) is 0 Å². The molecule has 2 heteroatoms. The highest BCUT2D eigenvalue weighted by Crippen LogP contribution is 2.27. The monoisotopic (exact) mass is 194 g/mol. The molecule has 0 amide bonds. The average Bonchev–Trinajstić information content (AvgIpc) is 2.23. The largest absolute Gasteiger partial charge is 0.381 e. The molecule has 0 aromatic heterocycles. The van der Waals surface area contributed by atoms with Gasteiger partial charge in [-0.05, 0) is 42.9 Å². The van der Waals surface area contributed by atoms with Crippen molar-refractivity contribution in [3.8, 4) is 0 Å². The van der Waals surface area contributed by atoms with E-state index in [-0.39, 0.29) is 5.82 Å². The Bertz CT molecular complexity index is 316. The maximum absolute atomic E-state index is 13.3. The van der Waals surface area contributed by atoms with Crippen molar-refractivity contribution < 1.29 is 9.13 Å². The standard InChI is InChI=1S/C12H15FO/c1-9-2-3-11(8-12(9)13)10-4-6-14-7-5-10/h2-3,8,10H,4-7H2,1H3. The fraction of sp³-hybridized carbons (Fsp3) is 0.500. The Morgan fingerprint density at radius 3 is 2.64 bits per heavy atom. The number of hydrogen-bond donors (Lipinski definition) is 0. The first-order valence-corrected chi connectivity index (χ1v) is 5.11. The second kappa shape index (κ2) is 4.09. The predicted molar refractivity (Wildman–Crippen MR) is 53.9 cm³/mol. The Morgan fingerprint density at radius 1 is 1.29 bits per heavy atom. The summed E-state index contributed by atoms with van der Waals surface area (Å²) in [6, 6.07) is 5.57. The molecule has 1 aromatic carbocycles. The maximum atomic E-state index is 13.3. The van der Waals surface area contributed by atoms with Crippen LogP contribution in [0.5, 0.6) is 0 Å². The minimum Gasteiger partial charge on any atom is -0.381 e. The van der Waals surface area contributed by atoms with Crippen molar-refractivity contribution in [2.24, 2.45) is 0 Å². The molecule has 0 atom stereocenters. The lowest BCUT2D eigenvalue weighted by atomic mass is 9.91. The summed E-state index contributed by atoms with van der Waals surface area (Å²) in [7, 11) is 0. The van der Waals surface area contributed by atoms with E-state index in [2.05, 4.69) is 0 Å². The minimum absolute atomic E-state index is 0.0889. The van der Waals surface area contributed by atoms with Crippen LogP contribution in [0.2, 0.25) is 0 Å². The van der Waals surface area contributed by atoms with Crippen LogP contribution in [0.4, 0.5) is 4.39 Å². The molecule has 0 saturated carbocycles. The summed E-state index contributed by atoms with van der Waals surface area (Å²) in [5, 5.41) is 0. The van der Waals surface area contributed by atoms with Gasteiger partial charge in [0.25, 0.3) is 0 Å². The second-order valence-electron chi connectivity index (χ2n) is 3.90. The van der Waals surface area contributed by atoms with Gasteiger partial charge in [-0.15, -0.1) is 0 Å². The van der Waals surface area contributed by atoms with Gasteiger partial charge >= 0.3 is 0 Å². The predicted octanol–water partition coefficient (Wildman–Crippen LogP) is 3.03. The van der Waals surface area contributed by atoms with E-state index in [0.29, 0.717) is 5.92 Å². The van der Waals surface area contributed by atoms with Gasteiger partial charge in [0.1, 0.15) is 5.82 Å². The Kier molecular flexibility index (Phi) is 2.82. The normalized spacial score (nSPS) is 18.4. The first-order valence-electron chi connectivity index (χ1n) is 5.11. The van der Waals surface area contributed by atoms with Crippen LogP contribution in [0.15, 0.2) is 18.2 Å². The quantitative estimate of drug-likeness (QED) is 0.667. The smallest absolute Gasteiger partial charge is 0.126 e. The number of rotatable bonds is 1. The molecular weight excluding hydrogens is 179 g/mol. The summed E-state index contributed by atoms with van der Waals surface area (Å²) in [6.45, 7) is 3.41. The van der Waals surface area contributed by atoms with E-state index in [4.69, 9.17) is 4.74 Å². The number of benzene rings is 1. The molecule has 0 bridgehead atoms. The third-order valence-corrected chi connectivity index (χ3v) is 2.89. The highest BCUT2D eigenvalue weighted by Gasteiger charge is 2.16. The highest BCUT2D eigenvalue weighted by molar-refractivity contribution is 5.26. The molecule has 1 saturated heterocycles. The number of halogens is 1. The van der Waals surface area contributed by atoms with Gasteiger partial charge in [-0.2, -0.15) is 0 Å². The van der Waals surface area contributed by atoms with Gasteiger partial charge < -0.3 is 4.74 Å². The van der Waals surface area contributed by atoms with Gasteiger partial charge in [0, 0.05) is 13.2 Å². The number of hydrogen-bond acceptors (Lipinski definition) is 1. The van der Waals surface area contributed by atoms with E-state index >= 15 is 0 Å². The summed E-state index contributed by atoms with van der Waals surface area (Å²) < 4.78 is 18.6. The van der Waals surface area contributed by atoms with Gasteiger partial charge in [0.2, 0.25) is 0 Å². The van der Waals surface area contributed by atoms with Gasteiger partial charge in [-0.1, -0.05) is 12.1 Å². The van der Waals surface area contributed by atoms with Crippen LogP contribution < -0.4 is 0 Å². The Hall–Kier alpha value is -0.890. The summed E-state index contributed by atoms with van der Waals surface area (Å²) in [5.41, 5.74) is 1.84. The van der Waals surface area contributed by atoms with Crippen molar-refractivity contribution in [3.05, 3.63) is 35.1 Å². The lowest BCUT2D eigenvalue weighted by molar-refractivity contribution is 0.0853. The molecule has 0 N–H and O–H groups in total. The van der Waals surface area contributed by atoms with Crippen molar-refractivity contribution in [2.75, 3.05) is 13.2 Å². The SMILES string of the molecule is Cc1ccc(C2CCOCC2)cc1F. The molecule has 76 valence electrons. The lowest BCUT2D eigenvalue weighted by Gasteiger charge is -2.22. The van der Waals surface area contributed by atoms with Crippen LogP contribution in [-0.4, -0.2) is 13.2 Å². The van der Waals surface area contributed by atoms with E-state index in [1.54, 1.807) is 13.0 Å². The number of ether oxygens (including phenoxy) is 1. The van der Waals surface area contributed by atoms with E-state index in [1.165, 1.54) is 0 Å². The summed E-state index contributed by atoms with van der Waals surface area (Å²) in [6.07, 6.45) is 2.03. The van der Waals surface area contributed by atoms with Crippen molar-refractivity contribution >= 4 is 0 Å². The third kappa shape index (κ3) is 1.95. The zero-order valence-corrected chi connectivity index (χ0v) is 8.42. The molecule has 0 spiro atoms. The molecule has 0 unspecified atom stereocenters. The molecule has 1 heterocycles. The molecule has 1 nitrogen and oxygen atoms in total. The van der Waals surface area contributed by atoms with E-state index in [9.17, 15) is 4.39 Å². The molecule has 1 aliphatic rings. The minimum atomic E-state index is -0.0889. The Labute approximate surface area is 83.9 Å². The van der Waals surface area contributed by atoms with Gasteiger partial charge in [-0.3, -0.25) is 0 Å². The van der Waals surface area contributed by atoms with Crippen molar-refractivity contribution in [1.82, 2.24) is 0 Å². The van der Waals surface area contributed by atoms with Crippen molar-refractivity contribution in [3.63, 3.8) is 0 Å². The Morgan fingerprint density at radius 2 is 2.00 bits per heavy atom. The van der Waals surface area contributed by atoms with Gasteiger partial charge in [0.05, 0.1) is 0 Å². The molecular formula is C12H15FO. The van der Waals surface area contributed by atoms with E-state index < -0.39 is 0 Å². The summed E-state index contributed by atoms with van der Waals surface area (Å²) >= 11 is 0. The first kappa shape index (κ1) is 9.66. The van der Waals surface area contributed by atoms with E-state index in [0.717, 1.165) is 37.2 Å². The maximum Gasteiger partial charge on any atom is 0.126 e. The van der Waals surface area contributed by atoms with Crippen molar-refractivity contribution in [1.29, 1.82) is 0 Å². The van der Waals surface area contributed by atoms with Gasteiger partial charge in [0.15, 0.2) is 0 Å². The van der Waals surface area contributed by atoms with Crippen LogP contribution >= 0.6 is 0 Å². The molecule has 1 fully saturated rings. The molecule has 0 radical (unpaired) electrons. The van der Waals surface area contributed by atoms with Crippen LogP contribution in [0, 0.1) is 12.7 Å². The second-order valence-corrected chi connectivity index (χ2v) is 3.90. The topological polar surface area (TPSA) is 9.23 Å². The molecule has 1 aromatic rings. The van der Waals surface area contributed by atoms with Crippen LogP contribution in [-0.2, 0) is 4.74 Å². The first-order chi connectivity index (χ1) is 6.77. The van der Waals surface area contributed by atoms with Crippen LogP contribution in [0.3, 0.4) is 0 Å². The highest BCUT2D eigenvalue weighted by atomic mass is 19.1. The molecule has 14 heavy (non-hydrogen) atoms. The zero-order chi connectivity index (χ0) is 9.97. The fourth-order valence-electron chi connectivity index (χ4n) is 1.89. The molecule has 0 aliphatic carbocycles. The van der Waals surface area contributed by atoms with Crippen molar-refractivity contribution in [2.45, 2.75) is 25.7 Å². The average molecular weight is 194 g/mol. The lowest BCUT2D eigenvalue weighted by Crippen LogP contribution is -2.14. The third-order valence-electron chi connectivity index (χ3n) is 2.89.